The van der Waals surface area contributed by atoms with Crippen molar-refractivity contribution < 1.29 is 19.1 Å². The molecule has 1 aromatic carbocycles. The number of carbonyl (C=O) groups excluding carboxylic acids is 3. The lowest BCUT2D eigenvalue weighted by atomic mass is 9.86. The zero-order valence-corrected chi connectivity index (χ0v) is 16.0. The molecule has 8 heteroatoms. The smallest absolute Gasteiger partial charge is 0.325 e. The molecule has 1 fully saturated rings. The standard InChI is InChI=1S/C18H22Cl2N2O4/c1-11-4-2-3-5-15(11)22-16(23)10-26-17(24)9-21-18(25)12-6-7-13(19)14(20)8-12/h6-8,11,15H,2-5,9-10H2,1H3,(H,21,25)(H,22,23). The van der Waals surface area contributed by atoms with Gasteiger partial charge in [0, 0.05) is 11.6 Å². The highest BCUT2D eigenvalue weighted by atomic mass is 35.5. The van der Waals surface area contributed by atoms with Crippen LogP contribution in [-0.4, -0.2) is 37.0 Å². The largest absolute Gasteiger partial charge is 0.454 e. The van der Waals surface area contributed by atoms with E-state index in [9.17, 15) is 14.4 Å². The van der Waals surface area contributed by atoms with Crippen molar-refractivity contribution in [2.75, 3.05) is 13.2 Å². The molecule has 0 bridgehead atoms. The highest BCUT2D eigenvalue weighted by Crippen LogP contribution is 2.24. The van der Waals surface area contributed by atoms with E-state index in [1.165, 1.54) is 24.6 Å². The molecule has 1 aliphatic carbocycles. The second-order valence-electron chi connectivity index (χ2n) is 6.41. The van der Waals surface area contributed by atoms with E-state index < -0.39 is 11.9 Å². The maximum absolute atomic E-state index is 11.9. The predicted molar refractivity (Wildman–Crippen MR) is 99.3 cm³/mol. The summed E-state index contributed by atoms with van der Waals surface area (Å²) in [5.74, 6) is -1.08. The summed E-state index contributed by atoms with van der Waals surface area (Å²) in [6.45, 7) is 1.41. The van der Waals surface area contributed by atoms with Gasteiger partial charge in [0.15, 0.2) is 6.61 Å². The third-order valence-corrected chi connectivity index (χ3v) is 5.14. The summed E-state index contributed by atoms with van der Waals surface area (Å²) in [6, 6.07) is 4.52. The van der Waals surface area contributed by atoms with E-state index in [4.69, 9.17) is 27.9 Å². The molecule has 6 nitrogen and oxygen atoms in total. The summed E-state index contributed by atoms with van der Waals surface area (Å²) in [5, 5.41) is 5.89. The lowest BCUT2D eigenvalue weighted by Gasteiger charge is -2.29. The van der Waals surface area contributed by atoms with Crippen molar-refractivity contribution in [1.82, 2.24) is 10.6 Å². The maximum atomic E-state index is 11.9. The monoisotopic (exact) mass is 400 g/mol. The summed E-state index contributed by atoms with van der Waals surface area (Å²) in [5.41, 5.74) is 0.274. The topological polar surface area (TPSA) is 84.5 Å². The summed E-state index contributed by atoms with van der Waals surface area (Å²) >= 11 is 11.6. The van der Waals surface area contributed by atoms with Gasteiger partial charge in [-0.05, 0) is 37.0 Å². The first kappa shape index (κ1) is 20.5. The van der Waals surface area contributed by atoms with Crippen LogP contribution >= 0.6 is 23.2 Å². The minimum absolute atomic E-state index is 0.129. The van der Waals surface area contributed by atoms with Gasteiger partial charge in [0.1, 0.15) is 6.54 Å². The molecule has 1 saturated carbocycles. The van der Waals surface area contributed by atoms with E-state index in [0.717, 1.165) is 19.3 Å². The zero-order valence-electron chi connectivity index (χ0n) is 14.5. The van der Waals surface area contributed by atoms with Crippen LogP contribution in [0.25, 0.3) is 0 Å². The second-order valence-corrected chi connectivity index (χ2v) is 7.22. The summed E-state index contributed by atoms with van der Waals surface area (Å²) in [4.78, 5) is 35.5. The second kappa shape index (κ2) is 9.78. The lowest BCUT2D eigenvalue weighted by Crippen LogP contribution is -2.43. The molecule has 142 valence electrons. The third-order valence-electron chi connectivity index (χ3n) is 4.40. The van der Waals surface area contributed by atoms with Crippen molar-refractivity contribution in [3.63, 3.8) is 0 Å². The van der Waals surface area contributed by atoms with Crippen LogP contribution < -0.4 is 10.6 Å². The van der Waals surface area contributed by atoms with E-state index in [1.807, 2.05) is 0 Å². The molecular weight excluding hydrogens is 379 g/mol. The van der Waals surface area contributed by atoms with Crippen molar-refractivity contribution in [2.45, 2.75) is 38.6 Å². The summed E-state index contributed by atoms with van der Waals surface area (Å²) in [6.07, 6.45) is 4.31. The Morgan fingerprint density at radius 2 is 1.88 bits per heavy atom. The van der Waals surface area contributed by atoms with Gasteiger partial charge < -0.3 is 15.4 Å². The molecule has 1 aromatic rings. The number of ether oxygens (including phenoxy) is 1. The molecule has 0 radical (unpaired) electrons. The fourth-order valence-electron chi connectivity index (χ4n) is 2.87. The molecular formula is C18H22Cl2N2O4. The van der Waals surface area contributed by atoms with Crippen LogP contribution in [0, 0.1) is 5.92 Å². The van der Waals surface area contributed by atoms with Crippen LogP contribution in [-0.2, 0) is 14.3 Å². The number of halogens is 2. The summed E-state index contributed by atoms with van der Waals surface area (Å²) < 4.78 is 4.90. The number of hydrogen-bond acceptors (Lipinski definition) is 4. The average molecular weight is 401 g/mol. The SMILES string of the molecule is CC1CCCCC1NC(=O)COC(=O)CNC(=O)c1ccc(Cl)c(Cl)c1. The molecule has 2 rings (SSSR count). The quantitative estimate of drug-likeness (QED) is 0.718. The van der Waals surface area contributed by atoms with E-state index >= 15 is 0 Å². The number of esters is 1. The number of nitrogens with one attached hydrogen (secondary N) is 2. The van der Waals surface area contributed by atoms with E-state index in [2.05, 4.69) is 17.6 Å². The Morgan fingerprint density at radius 3 is 2.58 bits per heavy atom. The number of amides is 2. The van der Waals surface area contributed by atoms with Gasteiger partial charge in [-0.2, -0.15) is 0 Å². The Morgan fingerprint density at radius 1 is 1.15 bits per heavy atom. The molecule has 0 saturated heterocycles. The van der Waals surface area contributed by atoms with Crippen LogP contribution in [0.3, 0.4) is 0 Å². The van der Waals surface area contributed by atoms with Gasteiger partial charge in [0.05, 0.1) is 10.0 Å². The molecule has 2 amide bonds. The zero-order chi connectivity index (χ0) is 19.1. The highest BCUT2D eigenvalue weighted by molar-refractivity contribution is 6.42. The molecule has 2 atom stereocenters. The Hall–Kier alpha value is -1.79. The van der Waals surface area contributed by atoms with Crippen molar-refractivity contribution in [3.8, 4) is 0 Å². The minimum Gasteiger partial charge on any atom is -0.454 e. The minimum atomic E-state index is -0.690. The lowest BCUT2D eigenvalue weighted by molar-refractivity contribution is -0.147. The van der Waals surface area contributed by atoms with Crippen molar-refractivity contribution in [2.24, 2.45) is 5.92 Å². The fourth-order valence-corrected chi connectivity index (χ4v) is 3.17. The third kappa shape index (κ3) is 6.18. The molecule has 2 N–H and O–H groups in total. The van der Waals surface area contributed by atoms with Crippen LogP contribution in [0.15, 0.2) is 18.2 Å². The number of rotatable bonds is 6. The Kier molecular flexibility index (Phi) is 7.72. The Balaban J connectivity index is 1.70. The Labute approximate surface area is 162 Å². The molecule has 26 heavy (non-hydrogen) atoms. The summed E-state index contributed by atoms with van der Waals surface area (Å²) in [7, 11) is 0. The molecule has 0 aromatic heterocycles. The highest BCUT2D eigenvalue weighted by Gasteiger charge is 2.23. The van der Waals surface area contributed by atoms with Gasteiger partial charge in [-0.1, -0.05) is 43.0 Å². The van der Waals surface area contributed by atoms with Gasteiger partial charge in [0.2, 0.25) is 0 Å². The van der Waals surface area contributed by atoms with Crippen LogP contribution in [0.2, 0.25) is 10.0 Å². The van der Waals surface area contributed by atoms with E-state index in [-0.39, 0.29) is 35.7 Å². The van der Waals surface area contributed by atoms with Crippen LogP contribution in [0.1, 0.15) is 43.0 Å². The van der Waals surface area contributed by atoms with Crippen molar-refractivity contribution in [3.05, 3.63) is 33.8 Å². The van der Waals surface area contributed by atoms with Gasteiger partial charge in [-0.15, -0.1) is 0 Å². The van der Waals surface area contributed by atoms with Crippen LogP contribution in [0.4, 0.5) is 0 Å². The fraction of sp³-hybridized carbons (Fsp3) is 0.500. The van der Waals surface area contributed by atoms with Gasteiger partial charge >= 0.3 is 5.97 Å². The molecule has 1 aliphatic rings. The normalized spacial score (nSPS) is 19.5. The average Bonchev–Trinajstić information content (AvgIpc) is 2.62. The first-order valence-electron chi connectivity index (χ1n) is 8.55. The van der Waals surface area contributed by atoms with Crippen LogP contribution in [0.5, 0.6) is 0 Å². The van der Waals surface area contributed by atoms with E-state index in [1.54, 1.807) is 0 Å². The number of benzene rings is 1. The molecule has 2 unspecified atom stereocenters. The first-order valence-corrected chi connectivity index (χ1v) is 9.30. The van der Waals surface area contributed by atoms with Crippen molar-refractivity contribution in [1.29, 1.82) is 0 Å². The molecule has 0 aliphatic heterocycles. The Bertz CT molecular complexity index is 681. The predicted octanol–water partition coefficient (Wildman–Crippen LogP) is 2.96. The number of carbonyl (C=O) groups is 3. The van der Waals surface area contributed by atoms with E-state index in [0.29, 0.717) is 10.9 Å². The molecule has 0 heterocycles. The van der Waals surface area contributed by atoms with Gasteiger partial charge in [0.25, 0.3) is 11.8 Å². The first-order chi connectivity index (χ1) is 12.4. The van der Waals surface area contributed by atoms with Gasteiger partial charge in [-0.3, -0.25) is 14.4 Å². The maximum Gasteiger partial charge on any atom is 0.325 e. The molecule has 0 spiro atoms. The van der Waals surface area contributed by atoms with Crippen molar-refractivity contribution >= 4 is 41.0 Å². The number of hydrogen-bond donors (Lipinski definition) is 2. The van der Waals surface area contributed by atoms with Gasteiger partial charge in [-0.25, -0.2) is 0 Å².